The number of carbonyl (C=O) groups excluding carboxylic acids is 2. The third-order valence-corrected chi connectivity index (χ3v) is 6.72. The molecule has 0 aliphatic carbocycles. The molecule has 6 heteroatoms. The molecule has 1 atom stereocenters. The third kappa shape index (κ3) is 4.23. The Bertz CT molecular complexity index is 878. The number of para-hydroxylation sites is 1. The number of fused-ring (bicyclic) bond motifs is 1. The van der Waals surface area contributed by atoms with Crippen molar-refractivity contribution in [3.8, 4) is 0 Å². The second-order valence-corrected chi connectivity index (χ2v) is 8.62. The van der Waals surface area contributed by atoms with E-state index in [0.717, 1.165) is 43.3 Å². The molecule has 2 amide bonds. The molecule has 0 saturated carbocycles. The van der Waals surface area contributed by atoms with Crippen molar-refractivity contribution >= 4 is 29.3 Å². The Balaban J connectivity index is 1.30. The Morgan fingerprint density at radius 1 is 1.07 bits per heavy atom. The van der Waals surface area contributed by atoms with Crippen LogP contribution in [-0.4, -0.2) is 53.0 Å². The average molecular weight is 396 g/mol. The minimum Gasteiger partial charge on any atom is -0.340 e. The second kappa shape index (κ2) is 8.37. The third-order valence-electron chi connectivity index (χ3n) is 5.45. The largest absolute Gasteiger partial charge is 0.340 e. The number of piperazine rings is 1. The van der Waals surface area contributed by atoms with Gasteiger partial charge >= 0.3 is 0 Å². The summed E-state index contributed by atoms with van der Waals surface area (Å²) in [6.07, 6.45) is 0.253. The monoisotopic (exact) mass is 395 g/mol. The number of hydrogen-bond acceptors (Lipinski definition) is 4. The molecule has 0 aromatic heterocycles. The summed E-state index contributed by atoms with van der Waals surface area (Å²) in [7, 11) is 0. The first-order chi connectivity index (χ1) is 13.6. The van der Waals surface area contributed by atoms with E-state index in [4.69, 9.17) is 0 Å². The quantitative estimate of drug-likeness (QED) is 0.864. The summed E-state index contributed by atoms with van der Waals surface area (Å²) in [5, 5.41) is 2.56. The van der Waals surface area contributed by atoms with E-state index in [0.29, 0.717) is 0 Å². The summed E-state index contributed by atoms with van der Waals surface area (Å²) in [4.78, 5) is 30.4. The van der Waals surface area contributed by atoms with Crippen molar-refractivity contribution in [1.29, 1.82) is 0 Å². The first-order valence-electron chi connectivity index (χ1n) is 9.71. The first-order valence-corrected chi connectivity index (χ1v) is 10.6. The van der Waals surface area contributed by atoms with Crippen LogP contribution in [0.15, 0.2) is 53.4 Å². The molecule has 0 unspecified atom stereocenters. The number of anilines is 1. The van der Waals surface area contributed by atoms with Gasteiger partial charge in [-0.05, 0) is 30.2 Å². The molecule has 0 spiro atoms. The lowest BCUT2D eigenvalue weighted by Gasteiger charge is -2.35. The summed E-state index contributed by atoms with van der Waals surface area (Å²) < 4.78 is 0. The molecular formula is C22H25N3O2S. The molecule has 5 nitrogen and oxygen atoms in total. The molecule has 2 heterocycles. The number of benzene rings is 2. The summed E-state index contributed by atoms with van der Waals surface area (Å²) in [5.41, 5.74) is 3.49. The molecule has 2 aromatic carbocycles. The van der Waals surface area contributed by atoms with E-state index in [2.05, 4.69) is 41.4 Å². The molecule has 2 aromatic rings. The number of nitrogens with zero attached hydrogens (tertiary/aromatic N) is 2. The number of nitrogens with one attached hydrogen (secondary N) is 1. The highest BCUT2D eigenvalue weighted by atomic mass is 32.2. The fraction of sp³-hybridized carbons (Fsp3) is 0.364. The molecule has 28 heavy (non-hydrogen) atoms. The lowest BCUT2D eigenvalue weighted by atomic mass is 10.1. The maximum atomic E-state index is 12.8. The Labute approximate surface area is 170 Å². The zero-order valence-electron chi connectivity index (χ0n) is 16.1. The number of rotatable bonds is 4. The minimum atomic E-state index is -0.354. The van der Waals surface area contributed by atoms with Crippen LogP contribution in [0, 0.1) is 6.92 Å². The Kier molecular flexibility index (Phi) is 5.69. The van der Waals surface area contributed by atoms with Gasteiger partial charge < -0.3 is 10.2 Å². The lowest BCUT2D eigenvalue weighted by Crippen LogP contribution is -2.49. The van der Waals surface area contributed by atoms with Crippen LogP contribution in [-0.2, 0) is 16.1 Å². The zero-order chi connectivity index (χ0) is 19.5. The van der Waals surface area contributed by atoms with Gasteiger partial charge in [0.1, 0.15) is 0 Å². The van der Waals surface area contributed by atoms with Gasteiger partial charge in [-0.15, -0.1) is 11.8 Å². The molecule has 2 aliphatic heterocycles. The molecule has 4 rings (SSSR count). The van der Waals surface area contributed by atoms with E-state index in [9.17, 15) is 9.59 Å². The van der Waals surface area contributed by atoms with E-state index in [1.807, 2.05) is 29.2 Å². The van der Waals surface area contributed by atoms with Crippen molar-refractivity contribution in [2.45, 2.75) is 30.0 Å². The van der Waals surface area contributed by atoms with E-state index in [1.165, 1.54) is 22.9 Å². The molecule has 2 aliphatic rings. The molecule has 146 valence electrons. The van der Waals surface area contributed by atoms with E-state index >= 15 is 0 Å². The van der Waals surface area contributed by atoms with E-state index in [1.54, 1.807) is 0 Å². The van der Waals surface area contributed by atoms with Crippen molar-refractivity contribution in [1.82, 2.24) is 9.80 Å². The molecular weight excluding hydrogens is 370 g/mol. The maximum Gasteiger partial charge on any atom is 0.238 e. The molecule has 1 N–H and O–H groups in total. The summed E-state index contributed by atoms with van der Waals surface area (Å²) in [5.74, 6) is -0.00203. The fourth-order valence-corrected chi connectivity index (χ4v) is 4.80. The van der Waals surface area contributed by atoms with Crippen LogP contribution in [0.2, 0.25) is 0 Å². The van der Waals surface area contributed by atoms with Gasteiger partial charge in [-0.3, -0.25) is 14.5 Å². The normalized spacial score (nSPS) is 19.8. The second-order valence-electron chi connectivity index (χ2n) is 7.38. The summed E-state index contributed by atoms with van der Waals surface area (Å²) in [6.45, 7) is 6.24. The van der Waals surface area contributed by atoms with Gasteiger partial charge in [0.2, 0.25) is 11.8 Å². The Morgan fingerprint density at radius 3 is 2.57 bits per heavy atom. The average Bonchev–Trinajstić information content (AvgIpc) is 2.71. The fourth-order valence-electron chi connectivity index (χ4n) is 3.70. The van der Waals surface area contributed by atoms with Gasteiger partial charge in [-0.2, -0.15) is 0 Å². The van der Waals surface area contributed by atoms with Crippen LogP contribution in [0.25, 0.3) is 0 Å². The SMILES string of the molecule is Cc1ccccc1CN1CCN(C(=O)C[C@H]2Sc3ccccc3NC2=O)CC1. The summed E-state index contributed by atoms with van der Waals surface area (Å²) >= 11 is 1.49. The number of amides is 2. The van der Waals surface area contributed by atoms with Crippen LogP contribution >= 0.6 is 11.8 Å². The molecule has 0 bridgehead atoms. The number of hydrogen-bond donors (Lipinski definition) is 1. The van der Waals surface area contributed by atoms with Crippen LogP contribution in [0.1, 0.15) is 17.5 Å². The van der Waals surface area contributed by atoms with Gasteiger partial charge in [-0.1, -0.05) is 36.4 Å². The van der Waals surface area contributed by atoms with Crippen molar-refractivity contribution in [2.75, 3.05) is 31.5 Å². The first kappa shape index (κ1) is 19.0. The van der Waals surface area contributed by atoms with Crippen LogP contribution in [0.4, 0.5) is 5.69 Å². The molecule has 0 radical (unpaired) electrons. The molecule has 1 fully saturated rings. The highest BCUT2D eigenvalue weighted by Gasteiger charge is 2.31. The number of carbonyl (C=O) groups is 2. The van der Waals surface area contributed by atoms with Gasteiger partial charge in [0.25, 0.3) is 0 Å². The Hall–Kier alpha value is -2.31. The standard InChI is InChI=1S/C22H25N3O2S/c1-16-6-2-3-7-17(16)15-24-10-12-25(13-11-24)21(26)14-20-22(27)23-18-8-4-5-9-19(18)28-20/h2-9,20H,10-15H2,1H3,(H,23,27)/t20-/m1/s1. The molecule has 1 saturated heterocycles. The topological polar surface area (TPSA) is 52.6 Å². The smallest absolute Gasteiger partial charge is 0.238 e. The number of aryl methyl sites for hydroxylation is 1. The van der Waals surface area contributed by atoms with Crippen molar-refractivity contribution in [3.05, 3.63) is 59.7 Å². The number of thioether (sulfide) groups is 1. The van der Waals surface area contributed by atoms with Crippen molar-refractivity contribution in [2.24, 2.45) is 0 Å². The van der Waals surface area contributed by atoms with E-state index in [-0.39, 0.29) is 23.5 Å². The summed E-state index contributed by atoms with van der Waals surface area (Å²) in [6, 6.07) is 16.2. The van der Waals surface area contributed by atoms with Gasteiger partial charge in [0.05, 0.1) is 10.9 Å². The minimum absolute atomic E-state index is 0.0718. The van der Waals surface area contributed by atoms with Crippen LogP contribution in [0.5, 0.6) is 0 Å². The zero-order valence-corrected chi connectivity index (χ0v) is 16.9. The predicted octanol–water partition coefficient (Wildman–Crippen LogP) is 3.14. The lowest BCUT2D eigenvalue weighted by molar-refractivity contribution is -0.134. The van der Waals surface area contributed by atoms with E-state index < -0.39 is 0 Å². The van der Waals surface area contributed by atoms with Crippen LogP contribution < -0.4 is 5.32 Å². The van der Waals surface area contributed by atoms with Crippen LogP contribution in [0.3, 0.4) is 0 Å². The predicted molar refractivity (Wildman–Crippen MR) is 112 cm³/mol. The van der Waals surface area contributed by atoms with Gasteiger partial charge in [0.15, 0.2) is 0 Å². The van der Waals surface area contributed by atoms with Gasteiger partial charge in [0, 0.05) is 44.0 Å². The highest BCUT2D eigenvalue weighted by molar-refractivity contribution is 8.01. The highest BCUT2D eigenvalue weighted by Crippen LogP contribution is 2.36. The van der Waals surface area contributed by atoms with Gasteiger partial charge in [-0.25, -0.2) is 0 Å². The van der Waals surface area contributed by atoms with Crippen molar-refractivity contribution < 1.29 is 9.59 Å². The van der Waals surface area contributed by atoms with Crippen molar-refractivity contribution in [3.63, 3.8) is 0 Å². The maximum absolute atomic E-state index is 12.8. The Morgan fingerprint density at radius 2 is 1.79 bits per heavy atom.